The molecule has 9 nitrogen and oxygen atoms in total. The SMILES string of the molecule is CCCCCc1cc(O)c(CC=C(C)CCC=C(C)C)c(O)c1S(=O)(=O)NC(=O)c1ncn[nH]1. The topological polar surface area (TPSA) is 145 Å². The Morgan fingerprint density at radius 2 is 1.91 bits per heavy atom. The fraction of sp³-hybridized carbons (Fsp3) is 0.458. The quantitative estimate of drug-likeness (QED) is 0.256. The van der Waals surface area contributed by atoms with E-state index in [0.717, 1.165) is 37.6 Å². The monoisotopic (exact) mass is 490 g/mol. The van der Waals surface area contributed by atoms with Gasteiger partial charge < -0.3 is 10.2 Å². The van der Waals surface area contributed by atoms with E-state index >= 15 is 0 Å². The number of carbonyl (C=O) groups excluding carboxylic acids is 1. The van der Waals surface area contributed by atoms with Crippen molar-refractivity contribution in [1.82, 2.24) is 19.9 Å². The second-order valence-corrected chi connectivity index (χ2v) is 10.1. The van der Waals surface area contributed by atoms with Crippen molar-refractivity contribution in [2.45, 2.75) is 77.5 Å². The molecule has 0 unspecified atom stereocenters. The molecular formula is C24H34N4O5S. The first-order chi connectivity index (χ1) is 16.1. The number of rotatable bonds is 12. The number of hydrogen-bond donors (Lipinski definition) is 4. The molecule has 1 aromatic carbocycles. The lowest BCUT2D eigenvalue weighted by Crippen LogP contribution is -2.32. The summed E-state index contributed by atoms with van der Waals surface area (Å²) < 4.78 is 28.3. The Kier molecular flexibility index (Phi) is 9.85. The van der Waals surface area contributed by atoms with Gasteiger partial charge in [-0.3, -0.25) is 9.89 Å². The van der Waals surface area contributed by atoms with E-state index in [1.165, 1.54) is 11.6 Å². The normalized spacial score (nSPS) is 11.9. The number of amides is 1. The predicted molar refractivity (Wildman–Crippen MR) is 130 cm³/mol. The van der Waals surface area contributed by atoms with Crippen molar-refractivity contribution in [3.05, 3.63) is 52.6 Å². The number of allylic oxidation sites excluding steroid dienone is 4. The van der Waals surface area contributed by atoms with Crippen LogP contribution < -0.4 is 4.72 Å². The van der Waals surface area contributed by atoms with Crippen molar-refractivity contribution < 1.29 is 23.4 Å². The summed E-state index contributed by atoms with van der Waals surface area (Å²) in [6, 6.07) is 1.37. The fourth-order valence-electron chi connectivity index (χ4n) is 3.48. The molecule has 0 spiro atoms. The second-order valence-electron chi connectivity index (χ2n) is 8.51. The number of phenols is 2. The van der Waals surface area contributed by atoms with E-state index in [-0.39, 0.29) is 29.1 Å². The van der Waals surface area contributed by atoms with Crippen LogP contribution in [0.25, 0.3) is 0 Å². The molecule has 0 atom stereocenters. The molecule has 10 heteroatoms. The van der Waals surface area contributed by atoms with Crippen molar-refractivity contribution in [2.75, 3.05) is 0 Å². The van der Waals surface area contributed by atoms with Gasteiger partial charge in [0, 0.05) is 5.56 Å². The molecule has 2 aromatic rings. The van der Waals surface area contributed by atoms with E-state index in [1.807, 2.05) is 38.5 Å². The third kappa shape index (κ3) is 7.44. The van der Waals surface area contributed by atoms with Crippen LogP contribution in [0, 0.1) is 0 Å². The third-order valence-corrected chi connectivity index (χ3v) is 6.78. The molecule has 1 heterocycles. The van der Waals surface area contributed by atoms with Gasteiger partial charge in [0.05, 0.1) is 0 Å². The van der Waals surface area contributed by atoms with Crippen LogP contribution in [0.4, 0.5) is 0 Å². The van der Waals surface area contributed by atoms with Crippen LogP contribution in [0.2, 0.25) is 0 Å². The van der Waals surface area contributed by atoms with Crippen molar-refractivity contribution in [2.24, 2.45) is 0 Å². The number of carbonyl (C=O) groups is 1. The Hall–Kier alpha value is -3.14. The number of sulfonamides is 1. The van der Waals surface area contributed by atoms with Crippen molar-refractivity contribution in [3.63, 3.8) is 0 Å². The van der Waals surface area contributed by atoms with Gasteiger partial charge in [-0.15, -0.1) is 0 Å². The summed E-state index contributed by atoms with van der Waals surface area (Å²) in [5.41, 5.74) is 2.61. The van der Waals surface area contributed by atoms with Gasteiger partial charge in [0.1, 0.15) is 22.7 Å². The maximum Gasteiger partial charge on any atom is 0.302 e. The molecular weight excluding hydrogens is 456 g/mol. The first-order valence-corrected chi connectivity index (χ1v) is 12.8. The lowest BCUT2D eigenvalue weighted by atomic mass is 10.00. The van der Waals surface area contributed by atoms with Crippen LogP contribution in [0.15, 0.2) is 40.6 Å². The smallest absolute Gasteiger partial charge is 0.302 e. The standard InChI is InChI=1S/C24H34N4O5S/c1-5-6-7-11-18-14-20(29)19(13-12-17(4)10-8-9-16(2)3)21(30)22(18)34(32,33)28-24(31)23-25-15-26-27-23/h9,12,14-15,29-30H,5-8,10-11,13H2,1-4H3,(H,28,31)(H,25,26,27). The molecule has 0 saturated carbocycles. The van der Waals surface area contributed by atoms with Gasteiger partial charge in [0.25, 0.3) is 10.0 Å². The van der Waals surface area contributed by atoms with Crippen LogP contribution in [0.5, 0.6) is 11.5 Å². The highest BCUT2D eigenvalue weighted by molar-refractivity contribution is 7.90. The van der Waals surface area contributed by atoms with Crippen LogP contribution in [-0.4, -0.2) is 39.7 Å². The van der Waals surface area contributed by atoms with Crippen molar-refractivity contribution in [3.8, 4) is 11.5 Å². The molecule has 0 fully saturated rings. The highest BCUT2D eigenvalue weighted by atomic mass is 32.2. The zero-order valence-corrected chi connectivity index (χ0v) is 21.0. The number of nitrogens with zero attached hydrogens (tertiary/aromatic N) is 2. The van der Waals surface area contributed by atoms with Crippen LogP contribution in [0.3, 0.4) is 0 Å². The molecule has 0 aliphatic rings. The van der Waals surface area contributed by atoms with Gasteiger partial charge in [-0.25, -0.2) is 18.1 Å². The molecule has 34 heavy (non-hydrogen) atoms. The molecule has 1 amide bonds. The molecule has 4 N–H and O–H groups in total. The molecule has 0 saturated heterocycles. The molecule has 0 aliphatic heterocycles. The van der Waals surface area contributed by atoms with E-state index in [9.17, 15) is 23.4 Å². The van der Waals surface area contributed by atoms with Crippen molar-refractivity contribution >= 4 is 15.9 Å². The van der Waals surface area contributed by atoms with Crippen LogP contribution >= 0.6 is 0 Å². The van der Waals surface area contributed by atoms with Gasteiger partial charge in [-0.1, -0.05) is 43.1 Å². The van der Waals surface area contributed by atoms with E-state index in [0.29, 0.717) is 12.8 Å². The number of unbranched alkanes of at least 4 members (excludes halogenated alkanes) is 2. The van der Waals surface area contributed by atoms with E-state index in [1.54, 1.807) is 0 Å². The zero-order valence-electron chi connectivity index (χ0n) is 20.2. The summed E-state index contributed by atoms with van der Waals surface area (Å²) in [6.07, 6.45) is 9.63. The highest BCUT2D eigenvalue weighted by Gasteiger charge is 2.29. The molecule has 0 aliphatic carbocycles. The molecule has 186 valence electrons. The Morgan fingerprint density at radius 3 is 2.53 bits per heavy atom. The third-order valence-electron chi connectivity index (χ3n) is 5.33. The number of aromatic hydroxyl groups is 2. The first kappa shape index (κ1) is 27.1. The molecule has 0 radical (unpaired) electrons. The summed E-state index contributed by atoms with van der Waals surface area (Å²) in [5, 5.41) is 27.4. The number of hydrogen-bond acceptors (Lipinski definition) is 7. The Morgan fingerprint density at radius 1 is 1.18 bits per heavy atom. The summed E-state index contributed by atoms with van der Waals surface area (Å²) in [6.45, 7) is 8.02. The van der Waals surface area contributed by atoms with Gasteiger partial charge in [0.2, 0.25) is 5.82 Å². The maximum absolute atomic E-state index is 13.2. The number of benzene rings is 1. The zero-order chi connectivity index (χ0) is 25.3. The summed E-state index contributed by atoms with van der Waals surface area (Å²) in [4.78, 5) is 15.6. The number of H-pyrrole nitrogens is 1. The molecule has 0 bridgehead atoms. The average molecular weight is 491 g/mol. The number of aromatic nitrogens is 3. The summed E-state index contributed by atoms with van der Waals surface area (Å²) in [5.74, 6) is -2.01. The van der Waals surface area contributed by atoms with E-state index in [4.69, 9.17) is 0 Å². The van der Waals surface area contributed by atoms with Gasteiger partial charge in [-0.05, 0) is 64.5 Å². The Balaban J connectivity index is 2.43. The largest absolute Gasteiger partial charge is 0.508 e. The van der Waals surface area contributed by atoms with Gasteiger partial charge in [-0.2, -0.15) is 5.10 Å². The summed E-state index contributed by atoms with van der Waals surface area (Å²) >= 11 is 0. The van der Waals surface area contributed by atoms with E-state index < -0.39 is 26.6 Å². The van der Waals surface area contributed by atoms with Gasteiger partial charge >= 0.3 is 5.91 Å². The molecule has 2 rings (SSSR count). The van der Waals surface area contributed by atoms with E-state index in [2.05, 4.69) is 21.3 Å². The summed E-state index contributed by atoms with van der Waals surface area (Å²) in [7, 11) is -4.46. The number of aryl methyl sites for hydroxylation is 1. The Bertz CT molecular complexity index is 1150. The number of phenolic OH excluding ortho intramolecular Hbond substituents is 2. The van der Waals surface area contributed by atoms with Gasteiger partial charge in [0.15, 0.2) is 0 Å². The second kappa shape index (κ2) is 12.4. The number of nitrogens with one attached hydrogen (secondary N) is 2. The van der Waals surface area contributed by atoms with Crippen LogP contribution in [0.1, 0.15) is 81.5 Å². The average Bonchev–Trinajstić information content (AvgIpc) is 3.28. The molecule has 1 aromatic heterocycles. The minimum absolute atomic E-state index is 0.0910. The number of aromatic amines is 1. The van der Waals surface area contributed by atoms with Crippen LogP contribution in [-0.2, 0) is 22.9 Å². The lowest BCUT2D eigenvalue weighted by Gasteiger charge is -2.17. The lowest BCUT2D eigenvalue weighted by molar-refractivity contribution is 0.0971. The predicted octanol–water partition coefficient (Wildman–Crippen LogP) is 4.30. The highest BCUT2D eigenvalue weighted by Crippen LogP contribution is 2.38. The Labute approximate surface area is 201 Å². The minimum Gasteiger partial charge on any atom is -0.508 e. The maximum atomic E-state index is 13.2. The minimum atomic E-state index is -4.46. The van der Waals surface area contributed by atoms with Crippen molar-refractivity contribution in [1.29, 1.82) is 0 Å². The first-order valence-electron chi connectivity index (χ1n) is 11.3. The fourth-order valence-corrected chi connectivity index (χ4v) is 4.81.